The summed E-state index contributed by atoms with van der Waals surface area (Å²) in [6, 6.07) is 9.43. The van der Waals surface area contributed by atoms with E-state index in [1.165, 1.54) is 12.3 Å². The summed E-state index contributed by atoms with van der Waals surface area (Å²) in [4.78, 5) is 11.6. The maximum Gasteiger partial charge on any atom is 0.202 e. The first kappa shape index (κ1) is 9.65. The summed E-state index contributed by atoms with van der Waals surface area (Å²) >= 11 is 0. The van der Waals surface area contributed by atoms with Crippen LogP contribution >= 0.6 is 0 Å². The van der Waals surface area contributed by atoms with Crippen molar-refractivity contribution < 1.29 is 13.6 Å². The Morgan fingerprint density at radius 3 is 2.67 bits per heavy atom. The van der Waals surface area contributed by atoms with Crippen LogP contribution in [0.4, 0.5) is 4.39 Å². The van der Waals surface area contributed by atoms with Gasteiger partial charge in [-0.15, -0.1) is 0 Å². The molecule has 0 aliphatic carbocycles. The number of rotatable bonds is 3. The summed E-state index contributed by atoms with van der Waals surface area (Å²) in [5, 5.41) is 0. The fraction of sp³-hybridized carbons (Fsp3) is 0.0833. The molecule has 0 fully saturated rings. The number of ketones is 1. The number of benzene rings is 1. The van der Waals surface area contributed by atoms with E-state index in [0.29, 0.717) is 5.56 Å². The summed E-state index contributed by atoms with van der Waals surface area (Å²) in [6.45, 7) is 0. The second-order valence-electron chi connectivity index (χ2n) is 3.17. The highest BCUT2D eigenvalue weighted by molar-refractivity contribution is 5.94. The fourth-order valence-electron chi connectivity index (χ4n) is 1.34. The van der Waals surface area contributed by atoms with Crippen molar-refractivity contribution in [2.24, 2.45) is 0 Å². The third-order valence-electron chi connectivity index (χ3n) is 2.10. The maximum absolute atomic E-state index is 13.2. The molecule has 2 aromatic rings. The minimum absolute atomic E-state index is 0.0280. The molecule has 1 heterocycles. The van der Waals surface area contributed by atoms with Crippen LogP contribution in [0.2, 0.25) is 0 Å². The van der Waals surface area contributed by atoms with Gasteiger partial charge in [-0.3, -0.25) is 4.79 Å². The zero-order valence-electron chi connectivity index (χ0n) is 7.94. The molecule has 0 N–H and O–H groups in total. The zero-order valence-corrected chi connectivity index (χ0v) is 7.94. The summed E-state index contributed by atoms with van der Waals surface area (Å²) < 4.78 is 18.1. The maximum atomic E-state index is 13.2. The van der Waals surface area contributed by atoms with Gasteiger partial charge in [0.15, 0.2) is 5.76 Å². The summed E-state index contributed by atoms with van der Waals surface area (Å²) in [5.74, 6) is -0.319. The molecule has 2 nitrogen and oxygen atoms in total. The van der Waals surface area contributed by atoms with Gasteiger partial charge in [-0.05, 0) is 23.8 Å². The lowest BCUT2D eigenvalue weighted by Gasteiger charge is -1.99. The summed E-state index contributed by atoms with van der Waals surface area (Å²) in [5.41, 5.74) is 0.388. The topological polar surface area (TPSA) is 30.2 Å². The van der Waals surface area contributed by atoms with E-state index in [1.807, 2.05) is 0 Å². The van der Waals surface area contributed by atoms with Crippen LogP contribution < -0.4 is 0 Å². The average molecular weight is 204 g/mol. The van der Waals surface area contributed by atoms with E-state index < -0.39 is 0 Å². The molecule has 3 heteroatoms. The van der Waals surface area contributed by atoms with E-state index in [0.717, 1.165) is 0 Å². The van der Waals surface area contributed by atoms with E-state index in [-0.39, 0.29) is 23.8 Å². The normalized spacial score (nSPS) is 10.2. The van der Waals surface area contributed by atoms with Gasteiger partial charge in [-0.25, -0.2) is 4.39 Å². The second-order valence-corrected chi connectivity index (χ2v) is 3.17. The van der Waals surface area contributed by atoms with Gasteiger partial charge in [0.25, 0.3) is 0 Å². The minimum atomic E-state index is -0.364. The van der Waals surface area contributed by atoms with E-state index in [2.05, 4.69) is 0 Å². The molecule has 0 unspecified atom stereocenters. The number of halogens is 1. The fourth-order valence-corrected chi connectivity index (χ4v) is 1.34. The lowest BCUT2D eigenvalue weighted by molar-refractivity contribution is 0.0965. The third-order valence-corrected chi connectivity index (χ3v) is 2.10. The van der Waals surface area contributed by atoms with E-state index in [1.54, 1.807) is 30.3 Å². The van der Waals surface area contributed by atoms with Crippen LogP contribution in [0.15, 0.2) is 47.1 Å². The summed E-state index contributed by atoms with van der Waals surface area (Å²) in [6.07, 6.45) is 1.45. The quantitative estimate of drug-likeness (QED) is 0.719. The molecular weight excluding hydrogens is 195 g/mol. The van der Waals surface area contributed by atoms with Crippen LogP contribution in [0.3, 0.4) is 0 Å². The lowest BCUT2D eigenvalue weighted by atomic mass is 10.1. The Labute approximate surface area is 86.3 Å². The molecule has 76 valence electrons. The predicted octanol–water partition coefficient (Wildman–Crippen LogP) is 2.84. The van der Waals surface area contributed by atoms with Crippen molar-refractivity contribution in [1.29, 1.82) is 0 Å². The van der Waals surface area contributed by atoms with Gasteiger partial charge in [-0.1, -0.05) is 18.2 Å². The van der Waals surface area contributed by atoms with E-state index in [4.69, 9.17) is 4.42 Å². The van der Waals surface area contributed by atoms with Gasteiger partial charge in [0.05, 0.1) is 6.26 Å². The third kappa shape index (κ3) is 2.13. The molecule has 0 atom stereocenters. The molecule has 0 saturated heterocycles. The van der Waals surface area contributed by atoms with Gasteiger partial charge in [0.1, 0.15) is 5.82 Å². The van der Waals surface area contributed by atoms with E-state index in [9.17, 15) is 9.18 Å². The molecule has 0 bridgehead atoms. The number of Topliss-reactive ketones (excluding diaryl/α,β-unsaturated/α-hetero) is 1. The Bertz CT molecular complexity index is 460. The highest BCUT2D eigenvalue weighted by Crippen LogP contribution is 2.11. The molecule has 1 aromatic carbocycles. The molecule has 1 aromatic heterocycles. The molecular formula is C12H9FO2. The highest BCUT2D eigenvalue weighted by atomic mass is 19.1. The molecule has 0 saturated carbocycles. The molecule has 0 aliphatic heterocycles. The van der Waals surface area contributed by atoms with Gasteiger partial charge < -0.3 is 4.42 Å². The summed E-state index contributed by atoms with van der Waals surface area (Å²) in [7, 11) is 0. The van der Waals surface area contributed by atoms with Crippen LogP contribution in [0.1, 0.15) is 16.1 Å². The van der Waals surface area contributed by atoms with Crippen LogP contribution in [0.25, 0.3) is 0 Å². The average Bonchev–Trinajstić information content (AvgIpc) is 2.74. The zero-order chi connectivity index (χ0) is 10.7. The van der Waals surface area contributed by atoms with Crippen LogP contribution in [0.5, 0.6) is 0 Å². The van der Waals surface area contributed by atoms with Crippen molar-refractivity contribution in [3.63, 3.8) is 0 Å². The Balaban J connectivity index is 2.17. The Morgan fingerprint density at radius 2 is 2.00 bits per heavy atom. The predicted molar refractivity (Wildman–Crippen MR) is 53.1 cm³/mol. The van der Waals surface area contributed by atoms with Crippen LogP contribution in [-0.4, -0.2) is 5.78 Å². The van der Waals surface area contributed by atoms with Gasteiger partial charge >= 0.3 is 0 Å². The number of carbonyl (C=O) groups is 1. The van der Waals surface area contributed by atoms with Crippen molar-refractivity contribution in [2.75, 3.05) is 0 Å². The van der Waals surface area contributed by atoms with Gasteiger partial charge in [0.2, 0.25) is 5.78 Å². The smallest absolute Gasteiger partial charge is 0.202 e. The number of hydrogen-bond acceptors (Lipinski definition) is 2. The first-order chi connectivity index (χ1) is 7.27. The van der Waals surface area contributed by atoms with Crippen molar-refractivity contribution in [1.82, 2.24) is 0 Å². The second kappa shape index (κ2) is 4.09. The first-order valence-electron chi connectivity index (χ1n) is 4.57. The first-order valence-corrected chi connectivity index (χ1v) is 4.57. The molecule has 2 rings (SSSR count). The van der Waals surface area contributed by atoms with Crippen molar-refractivity contribution in [2.45, 2.75) is 6.42 Å². The Hall–Kier alpha value is -1.90. The van der Waals surface area contributed by atoms with Crippen molar-refractivity contribution >= 4 is 5.78 Å². The van der Waals surface area contributed by atoms with Crippen molar-refractivity contribution in [3.8, 4) is 0 Å². The van der Waals surface area contributed by atoms with Crippen molar-refractivity contribution in [3.05, 3.63) is 59.8 Å². The van der Waals surface area contributed by atoms with Gasteiger partial charge in [-0.2, -0.15) is 0 Å². The molecule has 0 aliphatic rings. The Kier molecular flexibility index (Phi) is 2.63. The number of furan rings is 1. The molecule has 0 radical (unpaired) electrons. The largest absolute Gasteiger partial charge is 0.461 e. The Morgan fingerprint density at radius 1 is 1.20 bits per heavy atom. The molecule has 0 spiro atoms. The van der Waals surface area contributed by atoms with E-state index >= 15 is 0 Å². The SMILES string of the molecule is O=C(Cc1ccccc1F)c1ccco1. The van der Waals surface area contributed by atoms with Gasteiger partial charge in [0, 0.05) is 6.42 Å². The minimum Gasteiger partial charge on any atom is -0.461 e. The number of carbonyl (C=O) groups excluding carboxylic acids is 1. The lowest BCUT2D eigenvalue weighted by Crippen LogP contribution is -2.03. The highest BCUT2D eigenvalue weighted by Gasteiger charge is 2.11. The standard InChI is InChI=1S/C12H9FO2/c13-10-5-2-1-4-9(10)8-11(14)12-6-3-7-15-12/h1-7H,8H2. The monoisotopic (exact) mass is 204 g/mol. The molecule has 0 amide bonds. The van der Waals surface area contributed by atoms with Crippen LogP contribution in [0, 0.1) is 5.82 Å². The molecule has 15 heavy (non-hydrogen) atoms. The number of hydrogen-bond donors (Lipinski definition) is 0. The van der Waals surface area contributed by atoms with Crippen LogP contribution in [-0.2, 0) is 6.42 Å².